The molecular weight excluding hydrogens is 378 g/mol. The fourth-order valence-electron chi connectivity index (χ4n) is 5.47. The van der Waals surface area contributed by atoms with E-state index >= 15 is 0 Å². The molecule has 5 rings (SSSR count). The normalized spacial score (nSPS) is 31.5. The molecule has 28 heavy (non-hydrogen) atoms. The van der Waals surface area contributed by atoms with Gasteiger partial charge >= 0.3 is 12.0 Å². The number of amides is 3. The first-order valence-corrected chi connectivity index (χ1v) is 10.7. The summed E-state index contributed by atoms with van der Waals surface area (Å²) in [7, 11) is 0. The summed E-state index contributed by atoms with van der Waals surface area (Å²) >= 11 is 1.39. The number of nitrogens with one attached hydrogen (secondary N) is 2. The van der Waals surface area contributed by atoms with Crippen molar-refractivity contribution in [2.75, 3.05) is 0 Å². The van der Waals surface area contributed by atoms with Crippen LogP contribution in [0.15, 0.2) is 17.8 Å². The number of esters is 1. The largest absolute Gasteiger partial charge is 0.449 e. The zero-order valence-electron chi connectivity index (χ0n) is 15.8. The number of hydrogen-bond acceptors (Lipinski definition) is 6. The third-order valence-electron chi connectivity index (χ3n) is 6.15. The Bertz CT molecular complexity index is 754. The summed E-state index contributed by atoms with van der Waals surface area (Å²) in [4.78, 5) is 41.2. The predicted molar refractivity (Wildman–Crippen MR) is 104 cm³/mol. The highest BCUT2D eigenvalue weighted by Gasteiger charge is 2.51. The van der Waals surface area contributed by atoms with E-state index in [1.54, 1.807) is 17.8 Å². The molecule has 0 aliphatic heterocycles. The van der Waals surface area contributed by atoms with Crippen molar-refractivity contribution in [2.45, 2.75) is 57.1 Å². The molecule has 0 spiro atoms. The lowest BCUT2D eigenvalue weighted by molar-refractivity contribution is -0.149. The summed E-state index contributed by atoms with van der Waals surface area (Å²) in [5, 5.41) is 5.41. The van der Waals surface area contributed by atoms with Gasteiger partial charge in [0.2, 0.25) is 0 Å². The molecule has 0 saturated heterocycles. The van der Waals surface area contributed by atoms with Gasteiger partial charge in [-0.05, 0) is 69.3 Å². The lowest BCUT2D eigenvalue weighted by atomic mass is 9.53. The van der Waals surface area contributed by atoms with Crippen molar-refractivity contribution >= 4 is 35.3 Å². The molecule has 2 N–H and O–H groups in total. The van der Waals surface area contributed by atoms with Gasteiger partial charge in [-0.2, -0.15) is 0 Å². The molecule has 8 heteroatoms. The third-order valence-corrected chi connectivity index (χ3v) is 6.89. The zero-order valence-corrected chi connectivity index (χ0v) is 16.7. The van der Waals surface area contributed by atoms with Crippen molar-refractivity contribution in [3.63, 3.8) is 0 Å². The Kier molecular flexibility index (Phi) is 5.23. The summed E-state index contributed by atoms with van der Waals surface area (Å²) in [6, 6.07) is -0.491. The van der Waals surface area contributed by atoms with Crippen LogP contribution in [0.1, 0.15) is 50.3 Å². The zero-order chi connectivity index (χ0) is 19.7. The van der Waals surface area contributed by atoms with Crippen molar-refractivity contribution in [2.24, 2.45) is 17.8 Å². The molecule has 1 heterocycles. The highest BCUT2D eigenvalue weighted by atomic mass is 32.1. The van der Waals surface area contributed by atoms with Gasteiger partial charge in [0.15, 0.2) is 6.10 Å². The molecule has 1 atom stereocenters. The summed E-state index contributed by atoms with van der Waals surface area (Å²) < 4.78 is 5.07. The first kappa shape index (κ1) is 19.1. The van der Waals surface area contributed by atoms with Crippen molar-refractivity contribution in [1.29, 1.82) is 0 Å². The van der Waals surface area contributed by atoms with Gasteiger partial charge in [0.25, 0.3) is 5.91 Å². The van der Waals surface area contributed by atoms with Gasteiger partial charge in [0.05, 0.1) is 5.51 Å². The summed E-state index contributed by atoms with van der Waals surface area (Å²) in [6.07, 6.45) is 10.3. The average molecular weight is 404 g/mol. The van der Waals surface area contributed by atoms with Gasteiger partial charge in [-0.15, -0.1) is 11.3 Å². The van der Waals surface area contributed by atoms with Gasteiger partial charge in [-0.3, -0.25) is 15.1 Å². The summed E-state index contributed by atoms with van der Waals surface area (Å²) in [5.74, 6) is 0.840. The number of nitrogens with zero attached hydrogens (tertiary/aromatic N) is 1. The van der Waals surface area contributed by atoms with Gasteiger partial charge in [-0.25, -0.2) is 9.59 Å². The molecule has 3 amide bonds. The van der Waals surface area contributed by atoms with E-state index in [-0.39, 0.29) is 5.54 Å². The number of rotatable bonds is 5. The Morgan fingerprint density at radius 1 is 1.21 bits per heavy atom. The Morgan fingerprint density at radius 3 is 2.43 bits per heavy atom. The molecule has 4 fully saturated rings. The molecule has 150 valence electrons. The van der Waals surface area contributed by atoms with Crippen LogP contribution in [0.5, 0.6) is 0 Å². The van der Waals surface area contributed by atoms with Crippen molar-refractivity contribution in [3.05, 3.63) is 22.7 Å². The molecule has 4 aliphatic rings. The number of urea groups is 1. The first-order valence-electron chi connectivity index (χ1n) is 9.81. The molecule has 4 aliphatic carbocycles. The molecular formula is C20H25N3O4S. The van der Waals surface area contributed by atoms with Crippen molar-refractivity contribution < 1.29 is 19.1 Å². The van der Waals surface area contributed by atoms with Crippen molar-refractivity contribution in [3.8, 4) is 0 Å². The predicted octanol–water partition coefficient (Wildman–Crippen LogP) is 2.88. The highest BCUT2D eigenvalue weighted by molar-refractivity contribution is 7.10. The minimum Gasteiger partial charge on any atom is -0.449 e. The Morgan fingerprint density at radius 2 is 1.86 bits per heavy atom. The Labute approximate surface area is 167 Å². The van der Waals surface area contributed by atoms with Gasteiger partial charge in [-0.1, -0.05) is 0 Å². The monoisotopic (exact) mass is 403 g/mol. The first-order chi connectivity index (χ1) is 13.4. The molecule has 0 aromatic carbocycles. The van der Waals surface area contributed by atoms with E-state index in [1.165, 1.54) is 43.6 Å². The number of hydrogen-bond donors (Lipinski definition) is 2. The number of ether oxygens (including phenoxy) is 1. The van der Waals surface area contributed by atoms with Crippen LogP contribution in [0.2, 0.25) is 0 Å². The number of carbonyl (C=O) groups is 3. The summed E-state index contributed by atoms with van der Waals surface area (Å²) in [5.41, 5.74) is 1.49. The Hall–Kier alpha value is -2.22. The molecule has 1 aromatic rings. The molecule has 1 unspecified atom stereocenters. The Balaban J connectivity index is 1.26. The van der Waals surface area contributed by atoms with E-state index < -0.39 is 24.0 Å². The number of aromatic nitrogens is 1. The van der Waals surface area contributed by atoms with Crippen molar-refractivity contribution in [1.82, 2.24) is 15.6 Å². The second-order valence-electron chi connectivity index (χ2n) is 8.46. The van der Waals surface area contributed by atoms with Gasteiger partial charge in [0, 0.05) is 22.7 Å². The smallest absolute Gasteiger partial charge is 0.331 e. The van der Waals surface area contributed by atoms with E-state index in [0.717, 1.165) is 24.1 Å². The molecule has 4 saturated carbocycles. The average Bonchev–Trinajstić information content (AvgIpc) is 3.11. The third kappa shape index (κ3) is 4.27. The SMILES string of the molecule is CC(OC(=O)/C=C/c1cncs1)C(=O)NC(=O)NC12CC3CC(CC(C3)C1)C2. The fourth-order valence-corrected chi connectivity index (χ4v) is 5.99. The minimum atomic E-state index is -1.05. The lowest BCUT2D eigenvalue weighted by Gasteiger charge is -2.56. The van der Waals surface area contributed by atoms with Crippen LogP contribution in [0.25, 0.3) is 6.08 Å². The van der Waals surface area contributed by atoms with Crippen LogP contribution in [0.3, 0.4) is 0 Å². The van der Waals surface area contributed by atoms with E-state index in [2.05, 4.69) is 15.6 Å². The maximum absolute atomic E-state index is 12.4. The second kappa shape index (κ2) is 7.66. The second-order valence-corrected chi connectivity index (χ2v) is 9.38. The van der Waals surface area contributed by atoms with Crippen LogP contribution in [-0.4, -0.2) is 34.5 Å². The van der Waals surface area contributed by atoms with Crippen LogP contribution < -0.4 is 10.6 Å². The van der Waals surface area contributed by atoms with Crippen LogP contribution in [-0.2, 0) is 14.3 Å². The highest BCUT2D eigenvalue weighted by Crippen LogP contribution is 2.55. The van der Waals surface area contributed by atoms with Gasteiger partial charge < -0.3 is 10.1 Å². The van der Waals surface area contributed by atoms with E-state index in [4.69, 9.17) is 4.74 Å². The molecule has 0 radical (unpaired) electrons. The lowest BCUT2D eigenvalue weighted by Crippen LogP contribution is -2.62. The van der Waals surface area contributed by atoms with Crippen LogP contribution in [0.4, 0.5) is 4.79 Å². The van der Waals surface area contributed by atoms with E-state index in [0.29, 0.717) is 17.8 Å². The maximum Gasteiger partial charge on any atom is 0.331 e. The quantitative estimate of drug-likeness (QED) is 0.582. The van der Waals surface area contributed by atoms with Crippen LogP contribution in [0, 0.1) is 17.8 Å². The summed E-state index contributed by atoms with van der Waals surface area (Å²) in [6.45, 7) is 1.45. The molecule has 1 aromatic heterocycles. The number of thiazole rings is 1. The fraction of sp³-hybridized carbons (Fsp3) is 0.600. The van der Waals surface area contributed by atoms with Gasteiger partial charge in [0.1, 0.15) is 0 Å². The molecule has 7 nitrogen and oxygen atoms in total. The standard InChI is InChI=1S/C20H25N3O4S/c1-12(27-17(24)3-2-16-10-21-11-28-16)18(25)22-19(26)23-20-7-13-4-14(8-20)6-15(5-13)9-20/h2-3,10-15H,4-9H2,1H3,(H2,22,23,25,26)/b3-2+. The minimum absolute atomic E-state index is 0.170. The van der Waals surface area contributed by atoms with E-state index in [9.17, 15) is 14.4 Å². The number of imide groups is 1. The number of carbonyl (C=O) groups excluding carboxylic acids is 3. The van der Waals surface area contributed by atoms with E-state index in [1.807, 2.05) is 0 Å². The topological polar surface area (TPSA) is 97.4 Å². The molecule has 4 bridgehead atoms. The van der Waals surface area contributed by atoms with Crippen LogP contribution >= 0.6 is 11.3 Å². The maximum atomic E-state index is 12.4.